The van der Waals surface area contributed by atoms with E-state index in [9.17, 15) is 5.11 Å². The third-order valence-electron chi connectivity index (χ3n) is 3.15. The largest absolute Gasteiger partial charge is 0.491 e. The number of hydrogen-bond donors (Lipinski definition) is 2. The van der Waals surface area contributed by atoms with Gasteiger partial charge in [-0.2, -0.15) is 0 Å². The molecule has 0 fully saturated rings. The van der Waals surface area contributed by atoms with Crippen LogP contribution in [0.15, 0.2) is 30.3 Å². The average Bonchev–Trinajstić information content (AvgIpc) is 2.44. The number of aliphatic hydroxyl groups excluding tert-OH is 1. The molecule has 2 N–H and O–H groups in total. The summed E-state index contributed by atoms with van der Waals surface area (Å²) in [6.45, 7) is 6.81. The van der Waals surface area contributed by atoms with E-state index in [0.29, 0.717) is 13.2 Å². The topological polar surface area (TPSA) is 50.7 Å². The Morgan fingerprint density at radius 2 is 1.95 bits per heavy atom. The van der Waals surface area contributed by atoms with Crippen molar-refractivity contribution in [3.8, 4) is 5.75 Å². The van der Waals surface area contributed by atoms with Gasteiger partial charge < -0.3 is 19.9 Å². The normalized spacial score (nSPS) is 13.2. The van der Waals surface area contributed by atoms with Crippen LogP contribution in [0.4, 0.5) is 0 Å². The van der Waals surface area contributed by atoms with Crippen molar-refractivity contribution < 1.29 is 14.6 Å². The lowest BCUT2D eigenvalue weighted by Gasteiger charge is -2.25. The molecule has 0 radical (unpaired) electrons. The summed E-state index contributed by atoms with van der Waals surface area (Å²) in [5, 5.41) is 13.2. The van der Waals surface area contributed by atoms with Crippen LogP contribution in [0.25, 0.3) is 0 Å². The Morgan fingerprint density at radius 1 is 1.25 bits per heavy atom. The second-order valence-electron chi connectivity index (χ2n) is 5.82. The Hall–Kier alpha value is -1.10. The Kier molecular flexibility index (Phi) is 7.59. The van der Waals surface area contributed by atoms with Crippen molar-refractivity contribution in [2.24, 2.45) is 5.41 Å². The molecule has 1 rings (SSSR count). The first-order chi connectivity index (χ1) is 9.53. The zero-order valence-corrected chi connectivity index (χ0v) is 12.8. The van der Waals surface area contributed by atoms with Gasteiger partial charge in [0.1, 0.15) is 18.5 Å². The molecule has 0 aliphatic carbocycles. The highest BCUT2D eigenvalue weighted by molar-refractivity contribution is 5.20. The molecule has 20 heavy (non-hydrogen) atoms. The van der Waals surface area contributed by atoms with Gasteiger partial charge in [-0.1, -0.05) is 32.0 Å². The molecule has 0 saturated carbocycles. The molecule has 0 heterocycles. The van der Waals surface area contributed by atoms with Crippen LogP contribution in [0, 0.1) is 5.41 Å². The van der Waals surface area contributed by atoms with Crippen LogP contribution in [0.1, 0.15) is 20.3 Å². The fourth-order valence-corrected chi connectivity index (χ4v) is 1.81. The molecule has 4 nitrogen and oxygen atoms in total. The monoisotopic (exact) mass is 281 g/mol. The summed E-state index contributed by atoms with van der Waals surface area (Å²) in [6.07, 6.45) is 0.487. The Labute approximate surface area is 122 Å². The highest BCUT2D eigenvalue weighted by atomic mass is 16.5. The molecular formula is C16H27NO3. The Balaban J connectivity index is 2.15. The van der Waals surface area contributed by atoms with Crippen LogP contribution in [0.3, 0.4) is 0 Å². The van der Waals surface area contributed by atoms with E-state index in [1.807, 2.05) is 30.3 Å². The summed E-state index contributed by atoms with van der Waals surface area (Å²) >= 11 is 0. The molecule has 0 aliphatic heterocycles. The van der Waals surface area contributed by atoms with Crippen LogP contribution in [-0.2, 0) is 4.74 Å². The molecule has 0 bridgehead atoms. The van der Waals surface area contributed by atoms with Crippen LogP contribution in [-0.4, -0.2) is 44.6 Å². The van der Waals surface area contributed by atoms with E-state index >= 15 is 0 Å². The smallest absolute Gasteiger partial charge is 0.119 e. The van der Waals surface area contributed by atoms with Crippen LogP contribution in [0.2, 0.25) is 0 Å². The first-order valence-corrected chi connectivity index (χ1v) is 7.09. The molecule has 1 aromatic rings. The van der Waals surface area contributed by atoms with Crippen molar-refractivity contribution in [2.75, 3.05) is 33.4 Å². The minimum Gasteiger partial charge on any atom is -0.491 e. The van der Waals surface area contributed by atoms with Gasteiger partial charge in [-0.25, -0.2) is 0 Å². The van der Waals surface area contributed by atoms with Gasteiger partial charge in [0.25, 0.3) is 0 Å². The van der Waals surface area contributed by atoms with Gasteiger partial charge in [0.15, 0.2) is 0 Å². The summed E-state index contributed by atoms with van der Waals surface area (Å²) in [4.78, 5) is 0. The molecule has 114 valence electrons. The van der Waals surface area contributed by atoms with E-state index in [-0.39, 0.29) is 5.41 Å². The minimum absolute atomic E-state index is 0.163. The number of rotatable bonds is 10. The first-order valence-electron chi connectivity index (χ1n) is 7.09. The van der Waals surface area contributed by atoms with Crippen molar-refractivity contribution in [1.82, 2.24) is 5.32 Å². The number of nitrogens with one attached hydrogen (secondary N) is 1. The number of hydrogen-bond acceptors (Lipinski definition) is 4. The van der Waals surface area contributed by atoms with Gasteiger partial charge in [-0.3, -0.25) is 0 Å². The fourth-order valence-electron chi connectivity index (χ4n) is 1.81. The molecule has 0 spiro atoms. The third-order valence-corrected chi connectivity index (χ3v) is 3.15. The van der Waals surface area contributed by atoms with E-state index in [0.717, 1.165) is 25.3 Å². The highest BCUT2D eigenvalue weighted by Crippen LogP contribution is 2.18. The van der Waals surface area contributed by atoms with Gasteiger partial charge in [-0.05, 0) is 24.0 Å². The second kappa shape index (κ2) is 8.95. The lowest BCUT2D eigenvalue weighted by atomic mass is 9.90. The van der Waals surface area contributed by atoms with Crippen molar-refractivity contribution >= 4 is 0 Å². The first kappa shape index (κ1) is 17.0. The predicted molar refractivity (Wildman–Crippen MR) is 81.1 cm³/mol. The van der Waals surface area contributed by atoms with Gasteiger partial charge in [-0.15, -0.1) is 0 Å². The van der Waals surface area contributed by atoms with E-state index in [4.69, 9.17) is 9.47 Å². The number of para-hydroxylation sites is 1. The van der Waals surface area contributed by atoms with Crippen molar-refractivity contribution in [3.63, 3.8) is 0 Å². The molecule has 0 aliphatic rings. The van der Waals surface area contributed by atoms with E-state index < -0.39 is 6.10 Å². The molecule has 0 saturated heterocycles. The van der Waals surface area contributed by atoms with Crippen molar-refractivity contribution in [2.45, 2.75) is 26.4 Å². The molecular weight excluding hydrogens is 254 g/mol. The summed E-state index contributed by atoms with van der Waals surface area (Å²) in [5.41, 5.74) is 0.163. The molecule has 4 heteroatoms. The fraction of sp³-hybridized carbons (Fsp3) is 0.625. The molecule has 1 atom stereocenters. The van der Waals surface area contributed by atoms with Crippen LogP contribution >= 0.6 is 0 Å². The molecule has 0 amide bonds. The standard InChI is InChI=1S/C16H27NO3/c1-16(2,9-10-19-3)13-17-11-14(18)12-20-15-7-5-4-6-8-15/h4-8,14,17-18H,9-13H2,1-3H3. The van der Waals surface area contributed by atoms with Gasteiger partial charge >= 0.3 is 0 Å². The molecule has 0 aromatic heterocycles. The number of ether oxygens (including phenoxy) is 2. The maximum Gasteiger partial charge on any atom is 0.119 e. The van der Waals surface area contributed by atoms with E-state index in [2.05, 4.69) is 19.2 Å². The Morgan fingerprint density at radius 3 is 2.60 bits per heavy atom. The van der Waals surface area contributed by atoms with Crippen LogP contribution in [0.5, 0.6) is 5.75 Å². The molecule has 1 aromatic carbocycles. The SMILES string of the molecule is COCCC(C)(C)CNCC(O)COc1ccccc1. The minimum atomic E-state index is -0.506. The summed E-state index contributed by atoms with van der Waals surface area (Å²) in [7, 11) is 1.72. The maximum atomic E-state index is 9.87. The lowest BCUT2D eigenvalue weighted by molar-refractivity contribution is 0.100. The number of benzene rings is 1. The van der Waals surface area contributed by atoms with Crippen molar-refractivity contribution in [1.29, 1.82) is 0 Å². The maximum absolute atomic E-state index is 9.87. The zero-order chi connectivity index (χ0) is 14.8. The second-order valence-corrected chi connectivity index (χ2v) is 5.82. The summed E-state index contributed by atoms with van der Waals surface area (Å²) in [6, 6.07) is 9.53. The summed E-state index contributed by atoms with van der Waals surface area (Å²) in [5.74, 6) is 0.784. The van der Waals surface area contributed by atoms with Crippen molar-refractivity contribution in [3.05, 3.63) is 30.3 Å². The van der Waals surface area contributed by atoms with Crippen LogP contribution < -0.4 is 10.1 Å². The van der Waals surface area contributed by atoms with Gasteiger partial charge in [0.2, 0.25) is 0 Å². The number of aliphatic hydroxyl groups is 1. The van der Waals surface area contributed by atoms with Gasteiger partial charge in [0.05, 0.1) is 0 Å². The quantitative estimate of drug-likeness (QED) is 0.689. The van der Waals surface area contributed by atoms with E-state index in [1.54, 1.807) is 7.11 Å². The molecule has 1 unspecified atom stereocenters. The highest BCUT2D eigenvalue weighted by Gasteiger charge is 2.17. The van der Waals surface area contributed by atoms with Gasteiger partial charge in [0, 0.05) is 26.8 Å². The number of methoxy groups -OCH3 is 1. The lowest BCUT2D eigenvalue weighted by Crippen LogP contribution is -2.37. The van der Waals surface area contributed by atoms with E-state index in [1.165, 1.54) is 0 Å². The summed E-state index contributed by atoms with van der Waals surface area (Å²) < 4.78 is 10.6. The predicted octanol–water partition coefficient (Wildman–Crippen LogP) is 2.08. The zero-order valence-electron chi connectivity index (χ0n) is 12.8. The average molecular weight is 281 g/mol. The third kappa shape index (κ3) is 7.48. The Bertz CT molecular complexity index is 354.